The van der Waals surface area contributed by atoms with Gasteiger partial charge in [-0.25, -0.2) is 18.0 Å². The number of aryl methyl sites for hydroxylation is 2. The van der Waals surface area contributed by atoms with Gasteiger partial charge in [-0.2, -0.15) is 0 Å². The number of nitrogens with zero attached hydrogens (tertiary/aromatic N) is 7. The molecule has 0 unspecified atom stereocenters. The van der Waals surface area contributed by atoms with Crippen molar-refractivity contribution in [2.75, 3.05) is 6.54 Å². The van der Waals surface area contributed by atoms with E-state index < -0.39 is 10.0 Å². The first-order chi connectivity index (χ1) is 13.2. The minimum absolute atomic E-state index is 0.0103. The van der Waals surface area contributed by atoms with Crippen molar-refractivity contribution < 1.29 is 22.3 Å². The van der Waals surface area contributed by atoms with Crippen molar-refractivity contribution in [3.8, 4) is 0 Å². The molecule has 1 aromatic carbocycles. The van der Waals surface area contributed by atoms with Gasteiger partial charge in [0.15, 0.2) is 25.5 Å². The monoisotopic (exact) mass is 403 g/mol. The van der Waals surface area contributed by atoms with Crippen LogP contribution in [0.4, 0.5) is 0 Å². The summed E-state index contributed by atoms with van der Waals surface area (Å²) in [4.78, 5) is 0.142. The summed E-state index contributed by atoms with van der Waals surface area (Å²) in [6, 6.07) is 6.84. The number of primary sulfonamides is 1. The average molecular weight is 403 g/mol. The van der Waals surface area contributed by atoms with Crippen LogP contribution in [0.15, 0.2) is 41.6 Å². The summed E-state index contributed by atoms with van der Waals surface area (Å²) >= 11 is 0. The fourth-order valence-corrected chi connectivity index (χ4v) is 5.05. The number of nitrogens with two attached hydrogens (primary N) is 1. The van der Waals surface area contributed by atoms with Crippen molar-refractivity contribution in [3.63, 3.8) is 0 Å². The van der Waals surface area contributed by atoms with Crippen molar-refractivity contribution in [1.82, 2.24) is 19.8 Å². The third-order valence-corrected chi connectivity index (χ3v) is 6.64. The van der Waals surface area contributed by atoms with E-state index in [2.05, 4.69) is 32.2 Å². The summed E-state index contributed by atoms with van der Waals surface area (Å²) in [5.41, 5.74) is 3.48. The normalized spacial score (nSPS) is 22.9. The fourth-order valence-electron chi connectivity index (χ4n) is 4.54. The molecule has 28 heavy (non-hydrogen) atoms. The van der Waals surface area contributed by atoms with Gasteiger partial charge in [-0.15, -0.1) is 9.36 Å². The van der Waals surface area contributed by atoms with E-state index in [1.54, 1.807) is 12.1 Å². The third kappa shape index (κ3) is 2.58. The molecule has 10 nitrogen and oxygen atoms in total. The smallest absolute Gasteiger partial charge is 0.229 e. The van der Waals surface area contributed by atoms with Crippen LogP contribution in [0.2, 0.25) is 0 Å². The molecule has 146 valence electrons. The van der Waals surface area contributed by atoms with Gasteiger partial charge in [-0.1, -0.05) is 12.1 Å². The molecule has 5 rings (SSSR count). The highest BCUT2D eigenvalue weighted by atomic mass is 32.2. The molecule has 2 N–H and O–H groups in total. The van der Waals surface area contributed by atoms with E-state index in [0.29, 0.717) is 0 Å². The Morgan fingerprint density at radius 2 is 1.61 bits per heavy atom. The molecular weight excluding hydrogens is 380 g/mol. The Kier molecular flexibility index (Phi) is 3.55. The summed E-state index contributed by atoms with van der Waals surface area (Å²) in [5.74, 6) is 0. The molecule has 0 fully saturated rings. The van der Waals surface area contributed by atoms with Gasteiger partial charge in [0, 0.05) is 6.42 Å². The number of hydrogen-bond acceptors (Lipinski definition) is 4. The van der Waals surface area contributed by atoms with E-state index in [0.717, 1.165) is 36.1 Å². The van der Waals surface area contributed by atoms with E-state index in [1.165, 1.54) is 11.4 Å². The van der Waals surface area contributed by atoms with Crippen LogP contribution in [-0.4, -0.2) is 39.2 Å². The Morgan fingerprint density at radius 1 is 1.07 bits per heavy atom. The van der Waals surface area contributed by atoms with Crippen molar-refractivity contribution in [2.45, 2.75) is 30.7 Å². The predicted octanol–water partition coefficient (Wildman–Crippen LogP) is -1.53. The minimum Gasteiger partial charge on any atom is -0.229 e. The van der Waals surface area contributed by atoms with Gasteiger partial charge in [-0.3, -0.25) is 0 Å². The van der Waals surface area contributed by atoms with Crippen LogP contribution in [-0.2, 0) is 43.6 Å². The fraction of sp³-hybridized carbons (Fsp3) is 0.412. The third-order valence-electron chi connectivity index (χ3n) is 5.71. The summed E-state index contributed by atoms with van der Waals surface area (Å²) in [6.45, 7) is 2.68. The predicted molar refractivity (Wildman–Crippen MR) is 95.3 cm³/mol. The van der Waals surface area contributed by atoms with Gasteiger partial charge in [-0.05, 0) is 27.1 Å². The maximum atomic E-state index is 11.5. The molecule has 0 bridgehead atoms. The Hall–Kier alpha value is -2.63. The molecule has 0 saturated heterocycles. The number of benzene rings is 1. The van der Waals surface area contributed by atoms with E-state index in [9.17, 15) is 8.42 Å². The topological polar surface area (TPSA) is 104 Å². The molecule has 0 amide bonds. The molecule has 0 saturated carbocycles. The maximum Gasteiger partial charge on any atom is 0.419 e. The highest BCUT2D eigenvalue weighted by Gasteiger charge is 2.63. The van der Waals surface area contributed by atoms with Crippen molar-refractivity contribution in [2.24, 2.45) is 19.2 Å². The highest BCUT2D eigenvalue weighted by Crippen LogP contribution is 2.41. The van der Waals surface area contributed by atoms with Gasteiger partial charge in [0.2, 0.25) is 21.4 Å². The summed E-state index contributed by atoms with van der Waals surface area (Å²) < 4.78 is 31.6. The molecule has 4 heterocycles. The lowest BCUT2D eigenvalue weighted by atomic mass is 10.1. The largest absolute Gasteiger partial charge is 0.419 e. The van der Waals surface area contributed by atoms with Crippen LogP contribution in [0.3, 0.4) is 0 Å². The lowest BCUT2D eigenvalue weighted by Crippen LogP contribution is -2.49. The molecule has 0 aliphatic carbocycles. The molecule has 2 aliphatic rings. The number of sulfonamides is 1. The first kappa shape index (κ1) is 17.5. The minimum atomic E-state index is -3.66. The van der Waals surface area contributed by atoms with E-state index in [-0.39, 0.29) is 11.2 Å². The molecule has 2 aliphatic heterocycles. The number of quaternary nitrogens is 1. The van der Waals surface area contributed by atoms with Gasteiger partial charge in [0.05, 0.1) is 21.9 Å². The van der Waals surface area contributed by atoms with Crippen LogP contribution < -0.4 is 14.5 Å². The van der Waals surface area contributed by atoms with Crippen molar-refractivity contribution in [3.05, 3.63) is 53.6 Å². The van der Waals surface area contributed by atoms with Crippen LogP contribution in [0.5, 0.6) is 0 Å². The summed E-state index contributed by atoms with van der Waals surface area (Å²) in [5, 5.41) is 14.5. The number of hydrogen-bond donors (Lipinski definition) is 1. The lowest BCUT2D eigenvalue weighted by molar-refractivity contribution is -0.979. The maximum absolute atomic E-state index is 11.5. The number of aromatic nitrogens is 6. The van der Waals surface area contributed by atoms with Crippen molar-refractivity contribution >= 4 is 10.0 Å². The van der Waals surface area contributed by atoms with Crippen LogP contribution in [0.25, 0.3) is 0 Å². The molecule has 0 spiro atoms. The first-order valence-corrected chi connectivity index (χ1v) is 10.7. The quantitative estimate of drug-likeness (QED) is 0.421. The Balaban J connectivity index is 1.44. The second-order valence-electron chi connectivity index (χ2n) is 7.80. The molecule has 0 atom stereocenters. The highest BCUT2D eigenvalue weighted by molar-refractivity contribution is 7.89. The van der Waals surface area contributed by atoms with E-state index in [4.69, 9.17) is 5.14 Å². The summed E-state index contributed by atoms with van der Waals surface area (Å²) in [7, 11) is 0.210. The van der Waals surface area contributed by atoms with E-state index >= 15 is 0 Å². The second-order valence-corrected chi connectivity index (χ2v) is 9.36. The molecule has 11 heteroatoms. The number of rotatable bonds is 4. The van der Waals surface area contributed by atoms with Crippen molar-refractivity contribution in [1.29, 1.82) is 0 Å². The van der Waals surface area contributed by atoms with Gasteiger partial charge in [0.1, 0.15) is 14.1 Å². The van der Waals surface area contributed by atoms with Gasteiger partial charge in [0.25, 0.3) is 0 Å². The second kappa shape index (κ2) is 5.69. The summed E-state index contributed by atoms with van der Waals surface area (Å²) in [6.07, 6.45) is 4.98. The van der Waals surface area contributed by atoms with Gasteiger partial charge < -0.3 is 0 Å². The Bertz CT molecular complexity index is 1130. The molecule has 2 aromatic heterocycles. The van der Waals surface area contributed by atoms with Crippen LogP contribution in [0.1, 0.15) is 23.2 Å². The van der Waals surface area contributed by atoms with Gasteiger partial charge >= 0.3 is 6.29 Å². The first-order valence-electron chi connectivity index (χ1n) is 9.11. The lowest BCUT2D eigenvalue weighted by Gasteiger charge is -2.28. The Morgan fingerprint density at radius 3 is 2.11 bits per heavy atom. The zero-order valence-electron chi connectivity index (χ0n) is 15.8. The molecule has 3 aromatic rings. The Labute approximate surface area is 162 Å². The molecular formula is C17H23N8O2S+3. The zero-order chi connectivity index (χ0) is 19.7. The zero-order valence-corrected chi connectivity index (χ0v) is 16.6. The van der Waals surface area contributed by atoms with Crippen LogP contribution >= 0.6 is 0 Å². The number of fused-ring (bicyclic) bond motifs is 5. The SMILES string of the molecule is C[n+]1cc2n(n1)C1n3n[n+](C)cc3C[N+]1(CCc1ccc(S(N)(=O)=O)cc1)C2. The standard InChI is InChI=1S/C17H23N8O2S/c1-21-9-14-11-25(8-7-13-3-5-16(6-4-13)28(18,26)27)12-15-10-22(2)20-24(15)17(25)23(14)19-21/h3-6,9-10,17H,7-8,11-12H2,1-2H3,(H2,18,26,27)/q+3. The van der Waals surface area contributed by atoms with E-state index in [1.807, 2.05) is 35.6 Å². The van der Waals surface area contributed by atoms with Crippen LogP contribution in [0, 0.1) is 0 Å². The average Bonchev–Trinajstić information content (AvgIpc) is 3.28. The molecule has 0 radical (unpaired) electrons.